The highest BCUT2D eigenvalue weighted by Gasteiger charge is 2.12. The van der Waals surface area contributed by atoms with Gasteiger partial charge in [0.25, 0.3) is 5.91 Å². The third kappa shape index (κ3) is 5.75. The maximum atomic E-state index is 12.4. The zero-order valence-corrected chi connectivity index (χ0v) is 12.4. The van der Waals surface area contributed by atoms with Crippen LogP contribution in [0, 0.1) is 0 Å². The van der Waals surface area contributed by atoms with Crippen LogP contribution in [0.1, 0.15) is 15.9 Å². The molecule has 0 fully saturated rings. The summed E-state index contributed by atoms with van der Waals surface area (Å²) in [5, 5.41) is 3.62. The number of pyridine rings is 1. The number of nitrogens with zero attached hydrogens (tertiary/aromatic N) is 2. The van der Waals surface area contributed by atoms with Gasteiger partial charge < -0.3 is 9.47 Å². The van der Waals surface area contributed by atoms with Crippen LogP contribution in [0.5, 0.6) is 11.5 Å². The van der Waals surface area contributed by atoms with Crippen molar-refractivity contribution >= 4 is 12.1 Å². The highest BCUT2D eigenvalue weighted by molar-refractivity contribution is 5.94. The maximum absolute atomic E-state index is 12.4. The molecule has 1 amide bonds. The standard InChI is InChI=1S/C15H11F4N3O3/c16-14(17)24-11-2-1-10(12(7-11)25-15(18)19)8-21-22-13(23)9-3-5-20-6-4-9/h1-8,14-15H,(H,22,23). The van der Waals surface area contributed by atoms with Crippen LogP contribution < -0.4 is 14.9 Å². The van der Waals surface area contributed by atoms with E-state index in [0.29, 0.717) is 0 Å². The number of amides is 1. The van der Waals surface area contributed by atoms with Crippen LogP contribution in [0.2, 0.25) is 0 Å². The molecule has 0 saturated heterocycles. The van der Waals surface area contributed by atoms with Gasteiger partial charge in [-0.1, -0.05) is 0 Å². The molecule has 0 saturated carbocycles. The molecule has 132 valence electrons. The quantitative estimate of drug-likeness (QED) is 0.470. The normalized spacial score (nSPS) is 11.1. The number of carbonyl (C=O) groups is 1. The first kappa shape index (κ1) is 18.2. The van der Waals surface area contributed by atoms with Crippen molar-refractivity contribution in [1.82, 2.24) is 10.4 Å². The summed E-state index contributed by atoms with van der Waals surface area (Å²) < 4.78 is 57.6. The Labute approximate surface area is 139 Å². The second-order valence-electron chi connectivity index (χ2n) is 4.39. The summed E-state index contributed by atoms with van der Waals surface area (Å²) in [6.45, 7) is -6.29. The summed E-state index contributed by atoms with van der Waals surface area (Å²) in [5.41, 5.74) is 2.50. The smallest absolute Gasteiger partial charge is 0.387 e. The molecule has 0 bridgehead atoms. The average Bonchev–Trinajstić information content (AvgIpc) is 2.56. The third-order valence-electron chi connectivity index (χ3n) is 2.74. The minimum atomic E-state index is -3.18. The summed E-state index contributed by atoms with van der Waals surface area (Å²) in [6.07, 6.45) is 3.85. The predicted octanol–water partition coefficient (Wildman–Crippen LogP) is 3.05. The van der Waals surface area contributed by atoms with E-state index in [1.807, 2.05) is 0 Å². The molecule has 25 heavy (non-hydrogen) atoms. The molecule has 2 rings (SSSR count). The van der Waals surface area contributed by atoms with Crippen LogP contribution in [-0.4, -0.2) is 30.3 Å². The van der Waals surface area contributed by atoms with E-state index in [4.69, 9.17) is 0 Å². The van der Waals surface area contributed by atoms with E-state index < -0.39 is 24.9 Å². The largest absolute Gasteiger partial charge is 0.435 e. The van der Waals surface area contributed by atoms with Gasteiger partial charge in [0.1, 0.15) is 11.5 Å². The summed E-state index contributed by atoms with van der Waals surface area (Å²) in [7, 11) is 0. The summed E-state index contributed by atoms with van der Waals surface area (Å²) in [4.78, 5) is 15.5. The second-order valence-corrected chi connectivity index (χ2v) is 4.39. The third-order valence-corrected chi connectivity index (χ3v) is 2.74. The number of carbonyl (C=O) groups excluding carboxylic acids is 1. The van der Waals surface area contributed by atoms with Crippen molar-refractivity contribution in [3.8, 4) is 11.5 Å². The number of benzene rings is 1. The van der Waals surface area contributed by atoms with Gasteiger partial charge in [-0.05, 0) is 24.3 Å². The van der Waals surface area contributed by atoms with Crippen LogP contribution in [0.3, 0.4) is 0 Å². The summed E-state index contributed by atoms with van der Waals surface area (Å²) in [5.74, 6) is -1.34. The zero-order chi connectivity index (χ0) is 18.2. The molecule has 6 nitrogen and oxygen atoms in total. The van der Waals surface area contributed by atoms with E-state index in [1.54, 1.807) is 0 Å². The first-order valence-electron chi connectivity index (χ1n) is 6.73. The fraction of sp³-hybridized carbons (Fsp3) is 0.133. The Morgan fingerprint density at radius 1 is 1.08 bits per heavy atom. The molecule has 0 unspecified atom stereocenters. The summed E-state index contributed by atoms with van der Waals surface area (Å²) in [6, 6.07) is 6.07. The van der Waals surface area contributed by atoms with E-state index in [2.05, 4.69) is 25.0 Å². The van der Waals surface area contributed by atoms with Crippen LogP contribution in [0.15, 0.2) is 47.8 Å². The van der Waals surface area contributed by atoms with Crippen LogP contribution in [-0.2, 0) is 0 Å². The van der Waals surface area contributed by atoms with E-state index >= 15 is 0 Å². The van der Waals surface area contributed by atoms with E-state index in [1.165, 1.54) is 30.6 Å². The number of ether oxygens (including phenoxy) is 2. The van der Waals surface area contributed by atoms with Crippen molar-refractivity contribution in [2.75, 3.05) is 0 Å². The molecule has 0 aliphatic heterocycles. The molecule has 1 aromatic heterocycles. The van der Waals surface area contributed by atoms with Crippen molar-refractivity contribution in [2.45, 2.75) is 13.2 Å². The number of aromatic nitrogens is 1. The highest BCUT2D eigenvalue weighted by Crippen LogP contribution is 2.26. The highest BCUT2D eigenvalue weighted by atomic mass is 19.3. The zero-order valence-electron chi connectivity index (χ0n) is 12.4. The van der Waals surface area contributed by atoms with Gasteiger partial charge in [-0.25, -0.2) is 5.43 Å². The van der Waals surface area contributed by atoms with E-state index in [9.17, 15) is 22.4 Å². The van der Waals surface area contributed by atoms with Gasteiger partial charge >= 0.3 is 13.2 Å². The lowest BCUT2D eigenvalue weighted by Gasteiger charge is -2.10. The van der Waals surface area contributed by atoms with Gasteiger partial charge in [0.2, 0.25) is 0 Å². The molecule has 0 radical (unpaired) electrons. The van der Waals surface area contributed by atoms with Crippen molar-refractivity contribution in [3.63, 3.8) is 0 Å². The molecule has 0 aliphatic carbocycles. The van der Waals surface area contributed by atoms with Crippen molar-refractivity contribution in [3.05, 3.63) is 53.9 Å². The number of alkyl halides is 4. The molecular weight excluding hydrogens is 346 g/mol. The molecule has 2 aromatic rings. The lowest BCUT2D eigenvalue weighted by Crippen LogP contribution is -2.17. The van der Waals surface area contributed by atoms with Gasteiger partial charge in [0.15, 0.2) is 0 Å². The lowest BCUT2D eigenvalue weighted by atomic mass is 10.2. The monoisotopic (exact) mass is 357 g/mol. The van der Waals surface area contributed by atoms with Gasteiger partial charge in [0, 0.05) is 29.6 Å². The molecule has 1 aromatic carbocycles. The number of hydrazone groups is 1. The first-order chi connectivity index (χ1) is 12.0. The number of hydrogen-bond acceptors (Lipinski definition) is 5. The topological polar surface area (TPSA) is 72.8 Å². The Hall–Kier alpha value is -3.17. The molecule has 0 atom stereocenters. The Kier molecular flexibility index (Phi) is 6.26. The van der Waals surface area contributed by atoms with E-state index in [0.717, 1.165) is 18.3 Å². The number of hydrogen-bond donors (Lipinski definition) is 1. The Morgan fingerprint density at radius 2 is 1.76 bits per heavy atom. The van der Waals surface area contributed by atoms with Gasteiger partial charge in [0.05, 0.1) is 6.21 Å². The van der Waals surface area contributed by atoms with Crippen LogP contribution in [0.25, 0.3) is 0 Å². The Bertz CT molecular complexity index is 742. The Balaban J connectivity index is 2.12. The van der Waals surface area contributed by atoms with Gasteiger partial charge in [-0.3, -0.25) is 9.78 Å². The lowest BCUT2D eigenvalue weighted by molar-refractivity contribution is -0.0543. The fourth-order valence-electron chi connectivity index (χ4n) is 1.72. The van der Waals surface area contributed by atoms with E-state index in [-0.39, 0.29) is 16.9 Å². The van der Waals surface area contributed by atoms with Gasteiger partial charge in [-0.2, -0.15) is 22.7 Å². The molecule has 10 heteroatoms. The average molecular weight is 357 g/mol. The van der Waals surface area contributed by atoms with Crippen LogP contribution >= 0.6 is 0 Å². The van der Waals surface area contributed by atoms with Gasteiger partial charge in [-0.15, -0.1) is 0 Å². The second kappa shape index (κ2) is 8.62. The number of rotatable bonds is 7. The molecule has 0 aliphatic rings. The Morgan fingerprint density at radius 3 is 2.40 bits per heavy atom. The molecule has 0 spiro atoms. The van der Waals surface area contributed by atoms with Crippen LogP contribution in [0.4, 0.5) is 17.6 Å². The van der Waals surface area contributed by atoms with Crippen molar-refractivity contribution in [2.24, 2.45) is 5.10 Å². The SMILES string of the molecule is O=C(NN=Cc1ccc(OC(F)F)cc1OC(F)F)c1ccncc1. The number of nitrogens with one attached hydrogen (secondary N) is 1. The van der Waals surface area contributed by atoms with Crippen molar-refractivity contribution in [1.29, 1.82) is 0 Å². The molecule has 1 heterocycles. The first-order valence-corrected chi connectivity index (χ1v) is 6.73. The minimum Gasteiger partial charge on any atom is -0.435 e. The fourth-order valence-corrected chi connectivity index (χ4v) is 1.72. The predicted molar refractivity (Wildman–Crippen MR) is 79.0 cm³/mol. The molecule has 1 N–H and O–H groups in total. The number of halogens is 4. The molecular formula is C15H11F4N3O3. The maximum Gasteiger partial charge on any atom is 0.387 e. The van der Waals surface area contributed by atoms with Crippen molar-refractivity contribution < 1.29 is 31.8 Å². The summed E-state index contributed by atoms with van der Waals surface area (Å²) >= 11 is 0. The minimum absolute atomic E-state index is 0.0249.